The lowest BCUT2D eigenvalue weighted by Gasteiger charge is -2.16. The zero-order valence-corrected chi connectivity index (χ0v) is 16.6. The normalized spacial score (nSPS) is 12.4. The number of nitrogens with one attached hydrogen (secondary N) is 1. The summed E-state index contributed by atoms with van der Waals surface area (Å²) in [6.45, 7) is 0. The fourth-order valence-electron chi connectivity index (χ4n) is 3.08. The molecule has 6 nitrogen and oxygen atoms in total. The molecule has 0 unspecified atom stereocenters. The third kappa shape index (κ3) is 5.42. The first-order valence-electron chi connectivity index (χ1n) is 9.19. The lowest BCUT2D eigenvalue weighted by molar-refractivity contribution is -0.127. The molecule has 0 spiro atoms. The number of hydrogen-bond acceptors (Lipinski definition) is 4. The van der Waals surface area contributed by atoms with Gasteiger partial charge >= 0.3 is 0 Å². The number of benzene rings is 3. The Balaban J connectivity index is 1.63. The summed E-state index contributed by atoms with van der Waals surface area (Å²) in [5, 5.41) is 4.64. The van der Waals surface area contributed by atoms with E-state index in [-0.39, 0.29) is 29.4 Å². The molecule has 0 aromatic heterocycles. The summed E-state index contributed by atoms with van der Waals surface area (Å²) in [6.07, 6.45) is -0.0178. The van der Waals surface area contributed by atoms with E-state index in [9.17, 15) is 18.0 Å². The third-order valence-corrected chi connectivity index (χ3v) is 6.40. The molecule has 150 valence electrons. The zero-order valence-electron chi connectivity index (χ0n) is 15.7. The minimum atomic E-state index is -3.57. The smallest absolute Gasteiger partial charge is 0.240 e. The number of carbonyl (C=O) groups is 2. The van der Waals surface area contributed by atoms with E-state index in [1.54, 1.807) is 18.2 Å². The Morgan fingerprint density at radius 1 is 0.897 bits per heavy atom. The van der Waals surface area contributed by atoms with Crippen molar-refractivity contribution in [3.63, 3.8) is 0 Å². The van der Waals surface area contributed by atoms with Crippen LogP contribution in [0.2, 0.25) is 0 Å². The van der Waals surface area contributed by atoms with Crippen molar-refractivity contribution in [2.45, 2.75) is 23.8 Å². The molecule has 29 heavy (non-hydrogen) atoms. The summed E-state index contributed by atoms with van der Waals surface area (Å²) in [5.74, 6) is -1.44. The van der Waals surface area contributed by atoms with Crippen LogP contribution in [0.4, 0.5) is 0 Å². The Morgan fingerprint density at radius 3 is 2.24 bits per heavy atom. The molecule has 0 fully saturated rings. The summed E-state index contributed by atoms with van der Waals surface area (Å²) >= 11 is 0. The average Bonchev–Trinajstić information content (AvgIpc) is 2.71. The molecule has 3 rings (SSSR count). The lowest BCUT2D eigenvalue weighted by atomic mass is 10.0. The molecule has 1 atom stereocenters. The molecule has 3 N–H and O–H groups in total. The number of amides is 2. The van der Waals surface area contributed by atoms with E-state index in [1.165, 1.54) is 12.1 Å². The molecule has 7 heteroatoms. The Kier molecular flexibility index (Phi) is 6.29. The first-order chi connectivity index (χ1) is 13.8. The lowest BCUT2D eigenvalue weighted by Crippen LogP contribution is -2.45. The quantitative estimate of drug-likeness (QED) is 0.594. The molecular formula is C22H22N2O4S. The number of carbonyl (C=O) groups excluding carboxylic acids is 2. The molecule has 0 aliphatic rings. The van der Waals surface area contributed by atoms with Crippen LogP contribution in [0, 0.1) is 0 Å². The fraction of sp³-hybridized carbons (Fsp3) is 0.182. The zero-order chi connectivity index (χ0) is 20.9. The molecule has 0 radical (unpaired) electrons. The first-order valence-corrected chi connectivity index (χ1v) is 10.8. The summed E-state index contributed by atoms with van der Waals surface area (Å²) in [5.41, 5.74) is 6.17. The fourth-order valence-corrected chi connectivity index (χ4v) is 4.44. The molecule has 0 saturated heterocycles. The minimum Gasteiger partial charge on any atom is -0.368 e. The molecule has 2 amide bonds. The van der Waals surface area contributed by atoms with Gasteiger partial charge in [-0.25, -0.2) is 8.42 Å². The molecule has 0 heterocycles. The topological polar surface area (TPSA) is 106 Å². The predicted molar refractivity (Wildman–Crippen MR) is 112 cm³/mol. The molecule has 0 aliphatic carbocycles. The van der Waals surface area contributed by atoms with Crippen LogP contribution in [-0.4, -0.2) is 32.0 Å². The maximum atomic E-state index is 12.4. The van der Waals surface area contributed by atoms with Crippen LogP contribution < -0.4 is 11.1 Å². The van der Waals surface area contributed by atoms with Gasteiger partial charge in [0.25, 0.3) is 0 Å². The van der Waals surface area contributed by atoms with Gasteiger partial charge in [-0.05, 0) is 34.9 Å². The van der Waals surface area contributed by atoms with Gasteiger partial charge in [0.2, 0.25) is 11.8 Å². The first kappa shape index (κ1) is 20.5. The highest BCUT2D eigenvalue weighted by Crippen LogP contribution is 2.16. The van der Waals surface area contributed by atoms with Gasteiger partial charge in [0, 0.05) is 0 Å². The molecule has 3 aromatic rings. The molecule has 0 bridgehead atoms. The van der Waals surface area contributed by atoms with Crippen LogP contribution >= 0.6 is 0 Å². The number of rotatable bonds is 8. The Labute approximate surface area is 169 Å². The van der Waals surface area contributed by atoms with E-state index in [0.717, 1.165) is 16.3 Å². The highest BCUT2D eigenvalue weighted by atomic mass is 32.2. The second-order valence-electron chi connectivity index (χ2n) is 6.80. The van der Waals surface area contributed by atoms with Gasteiger partial charge in [0.1, 0.15) is 6.04 Å². The Bertz CT molecular complexity index is 1130. The van der Waals surface area contributed by atoms with Crippen LogP contribution in [-0.2, 0) is 25.8 Å². The van der Waals surface area contributed by atoms with Gasteiger partial charge in [0.15, 0.2) is 9.84 Å². The van der Waals surface area contributed by atoms with Gasteiger partial charge in [-0.2, -0.15) is 0 Å². The Morgan fingerprint density at radius 2 is 1.55 bits per heavy atom. The Hall–Kier alpha value is -3.19. The van der Waals surface area contributed by atoms with Crippen molar-refractivity contribution >= 4 is 32.4 Å². The SMILES string of the molecule is NC(=O)[C@@H](CCS(=O)(=O)c1ccccc1)NC(=O)Cc1ccc2ccccc2c1. The van der Waals surface area contributed by atoms with Crippen molar-refractivity contribution in [1.29, 1.82) is 0 Å². The second kappa shape index (κ2) is 8.87. The highest BCUT2D eigenvalue weighted by molar-refractivity contribution is 7.91. The summed E-state index contributed by atoms with van der Waals surface area (Å²) < 4.78 is 24.8. The minimum absolute atomic E-state index is 0.0695. The number of hydrogen-bond donors (Lipinski definition) is 2. The van der Waals surface area contributed by atoms with Crippen molar-refractivity contribution in [1.82, 2.24) is 5.32 Å². The monoisotopic (exact) mass is 410 g/mol. The van der Waals surface area contributed by atoms with Crippen LogP contribution in [0.1, 0.15) is 12.0 Å². The van der Waals surface area contributed by atoms with E-state index in [0.29, 0.717) is 0 Å². The van der Waals surface area contributed by atoms with Crippen LogP contribution in [0.15, 0.2) is 77.7 Å². The van der Waals surface area contributed by atoms with E-state index in [2.05, 4.69) is 5.32 Å². The van der Waals surface area contributed by atoms with Gasteiger partial charge in [0.05, 0.1) is 17.1 Å². The van der Waals surface area contributed by atoms with Crippen LogP contribution in [0.3, 0.4) is 0 Å². The van der Waals surface area contributed by atoms with Gasteiger partial charge in [-0.15, -0.1) is 0 Å². The molecule has 0 saturated carbocycles. The van der Waals surface area contributed by atoms with E-state index in [1.807, 2.05) is 42.5 Å². The van der Waals surface area contributed by atoms with Crippen molar-refractivity contribution < 1.29 is 18.0 Å². The second-order valence-corrected chi connectivity index (χ2v) is 8.91. The number of nitrogens with two attached hydrogens (primary N) is 1. The summed E-state index contributed by atoms with van der Waals surface area (Å²) in [6, 6.07) is 20.4. The van der Waals surface area contributed by atoms with Gasteiger partial charge in [-0.1, -0.05) is 60.7 Å². The standard InChI is InChI=1S/C22H22N2O4S/c23-22(26)20(12-13-29(27,28)19-8-2-1-3-9-19)24-21(25)15-16-10-11-17-6-4-5-7-18(17)14-16/h1-11,14,20H,12-13,15H2,(H2,23,26)(H,24,25)/t20-/m1/s1. The maximum Gasteiger partial charge on any atom is 0.240 e. The largest absolute Gasteiger partial charge is 0.368 e. The van der Waals surface area contributed by atoms with Crippen molar-refractivity contribution in [2.75, 3.05) is 5.75 Å². The number of sulfone groups is 1. The molecule has 3 aromatic carbocycles. The summed E-state index contributed by atoms with van der Waals surface area (Å²) in [4.78, 5) is 24.3. The molecular weight excluding hydrogens is 388 g/mol. The third-order valence-electron chi connectivity index (χ3n) is 4.63. The maximum absolute atomic E-state index is 12.4. The van der Waals surface area contributed by atoms with Crippen LogP contribution in [0.5, 0.6) is 0 Å². The highest BCUT2D eigenvalue weighted by Gasteiger charge is 2.22. The van der Waals surface area contributed by atoms with Gasteiger partial charge in [-0.3, -0.25) is 9.59 Å². The van der Waals surface area contributed by atoms with Crippen molar-refractivity contribution in [2.24, 2.45) is 5.73 Å². The summed E-state index contributed by atoms with van der Waals surface area (Å²) in [7, 11) is -3.57. The average molecular weight is 410 g/mol. The number of fused-ring (bicyclic) bond motifs is 1. The van der Waals surface area contributed by atoms with E-state index in [4.69, 9.17) is 5.73 Å². The van der Waals surface area contributed by atoms with E-state index < -0.39 is 21.8 Å². The van der Waals surface area contributed by atoms with E-state index >= 15 is 0 Å². The molecule has 0 aliphatic heterocycles. The number of primary amides is 1. The van der Waals surface area contributed by atoms with Gasteiger partial charge < -0.3 is 11.1 Å². The predicted octanol–water partition coefficient (Wildman–Crippen LogP) is 2.22. The van der Waals surface area contributed by atoms with Crippen LogP contribution in [0.25, 0.3) is 10.8 Å². The van der Waals surface area contributed by atoms with Crippen molar-refractivity contribution in [3.8, 4) is 0 Å². The van der Waals surface area contributed by atoms with Crippen molar-refractivity contribution in [3.05, 3.63) is 78.4 Å².